The van der Waals surface area contributed by atoms with Gasteiger partial charge in [-0.2, -0.15) is 4.98 Å². The molecule has 0 amide bonds. The minimum Gasteiger partial charge on any atom is -0.507 e. The number of fused-ring (bicyclic) bond motifs is 2. The maximum Gasteiger partial charge on any atom is 0.237 e. The highest BCUT2D eigenvalue weighted by molar-refractivity contribution is 5.80. The van der Waals surface area contributed by atoms with Crippen LogP contribution in [0, 0.1) is 5.82 Å². The van der Waals surface area contributed by atoms with Crippen molar-refractivity contribution in [2.24, 2.45) is 0 Å². The number of hydrogen-bond donors (Lipinski definition) is 1. The zero-order valence-electron chi connectivity index (χ0n) is 17.0. The molecule has 1 saturated heterocycles. The van der Waals surface area contributed by atoms with Gasteiger partial charge in [0.25, 0.3) is 0 Å². The summed E-state index contributed by atoms with van der Waals surface area (Å²) in [6.07, 6.45) is 4.86. The van der Waals surface area contributed by atoms with Gasteiger partial charge < -0.3 is 14.4 Å². The molecule has 160 valence electrons. The van der Waals surface area contributed by atoms with Gasteiger partial charge in [0.05, 0.1) is 22.8 Å². The standard InChI is InChI=1S/C23H19FN6O2/c24-14-5-6-17-19(11-14)29(13-26-17)23-25-12-18-22(28-23)30(15-7-9-32-10-8-15)21(27-18)16-3-1-2-4-20(16)31/h1-6,11-13,15,31H,7-10H2. The second-order valence-electron chi connectivity index (χ2n) is 7.79. The van der Waals surface area contributed by atoms with Gasteiger partial charge in [-0.15, -0.1) is 0 Å². The second-order valence-corrected chi connectivity index (χ2v) is 7.79. The number of aromatic hydroxyl groups is 1. The molecular weight excluding hydrogens is 411 g/mol. The highest BCUT2D eigenvalue weighted by Crippen LogP contribution is 2.35. The molecule has 1 N–H and O–H groups in total. The number of ether oxygens (including phenoxy) is 1. The van der Waals surface area contributed by atoms with Gasteiger partial charge in [-0.05, 0) is 37.1 Å². The van der Waals surface area contributed by atoms with E-state index < -0.39 is 0 Å². The van der Waals surface area contributed by atoms with Gasteiger partial charge >= 0.3 is 0 Å². The predicted octanol–water partition coefficient (Wildman–Crippen LogP) is 4.03. The van der Waals surface area contributed by atoms with Crippen LogP contribution in [0.1, 0.15) is 18.9 Å². The van der Waals surface area contributed by atoms with Gasteiger partial charge in [-0.1, -0.05) is 12.1 Å². The van der Waals surface area contributed by atoms with Crippen LogP contribution in [-0.2, 0) is 4.74 Å². The first kappa shape index (κ1) is 18.9. The van der Waals surface area contributed by atoms with Crippen LogP contribution in [0.2, 0.25) is 0 Å². The Kier molecular flexibility index (Phi) is 4.36. The van der Waals surface area contributed by atoms with Crippen LogP contribution in [0.25, 0.3) is 39.5 Å². The Morgan fingerprint density at radius 1 is 1.00 bits per heavy atom. The number of phenolic OH excluding ortho intramolecular Hbond substituents is 1. The number of nitrogens with zero attached hydrogens (tertiary/aromatic N) is 6. The fourth-order valence-corrected chi connectivity index (χ4v) is 4.28. The largest absolute Gasteiger partial charge is 0.507 e. The predicted molar refractivity (Wildman–Crippen MR) is 116 cm³/mol. The van der Waals surface area contributed by atoms with Gasteiger partial charge in [0.15, 0.2) is 5.65 Å². The number of hydrogen-bond acceptors (Lipinski definition) is 6. The van der Waals surface area contributed by atoms with E-state index in [-0.39, 0.29) is 17.6 Å². The summed E-state index contributed by atoms with van der Waals surface area (Å²) >= 11 is 0. The van der Waals surface area contributed by atoms with E-state index in [0.29, 0.717) is 52.7 Å². The van der Waals surface area contributed by atoms with E-state index in [2.05, 4.69) is 14.5 Å². The summed E-state index contributed by atoms with van der Waals surface area (Å²) in [4.78, 5) is 18.4. The average Bonchev–Trinajstić information content (AvgIpc) is 3.40. The van der Waals surface area contributed by atoms with Gasteiger partial charge in [0, 0.05) is 25.3 Å². The lowest BCUT2D eigenvalue weighted by Gasteiger charge is -2.25. The van der Waals surface area contributed by atoms with Gasteiger partial charge in [-0.3, -0.25) is 4.57 Å². The third-order valence-electron chi connectivity index (χ3n) is 5.85. The average molecular weight is 430 g/mol. The Hall–Kier alpha value is -3.85. The maximum absolute atomic E-state index is 13.9. The number of halogens is 1. The first-order chi connectivity index (χ1) is 15.7. The number of benzene rings is 2. The van der Waals surface area contributed by atoms with Crippen LogP contribution in [0.15, 0.2) is 55.0 Å². The first-order valence-electron chi connectivity index (χ1n) is 10.4. The molecule has 8 nitrogen and oxygen atoms in total. The molecule has 9 heteroatoms. The van der Waals surface area contributed by atoms with Crippen molar-refractivity contribution >= 4 is 22.2 Å². The van der Waals surface area contributed by atoms with Crippen LogP contribution in [0.4, 0.5) is 4.39 Å². The lowest BCUT2D eigenvalue weighted by Crippen LogP contribution is -2.20. The molecule has 0 spiro atoms. The molecule has 0 aliphatic carbocycles. The lowest BCUT2D eigenvalue weighted by atomic mass is 10.1. The molecule has 1 aliphatic rings. The molecule has 0 bridgehead atoms. The zero-order chi connectivity index (χ0) is 21.7. The summed E-state index contributed by atoms with van der Waals surface area (Å²) in [5, 5.41) is 10.5. The molecule has 0 saturated carbocycles. The van der Waals surface area contributed by atoms with Crippen LogP contribution in [0.3, 0.4) is 0 Å². The SMILES string of the molecule is Oc1ccccc1-c1nc2cnc(-n3cnc4ccc(F)cc43)nc2n1C1CCOCC1. The van der Waals surface area contributed by atoms with Crippen LogP contribution < -0.4 is 0 Å². The number of imidazole rings is 2. The fraction of sp³-hybridized carbons (Fsp3) is 0.217. The van der Waals surface area contributed by atoms with E-state index in [1.807, 2.05) is 12.1 Å². The molecule has 6 rings (SSSR count). The summed E-state index contributed by atoms with van der Waals surface area (Å²) < 4.78 is 23.2. The third-order valence-corrected chi connectivity index (χ3v) is 5.85. The van der Waals surface area contributed by atoms with Crippen molar-refractivity contribution in [1.82, 2.24) is 29.1 Å². The Bertz CT molecular complexity index is 1450. The summed E-state index contributed by atoms with van der Waals surface area (Å²) in [6, 6.07) is 11.7. The van der Waals surface area contributed by atoms with E-state index in [9.17, 15) is 9.50 Å². The topological polar surface area (TPSA) is 90.9 Å². The summed E-state index contributed by atoms with van der Waals surface area (Å²) in [5.74, 6) is 0.815. The molecule has 0 unspecified atom stereocenters. The molecule has 1 fully saturated rings. The molecule has 0 radical (unpaired) electrons. The normalized spacial score (nSPS) is 15.0. The minimum absolute atomic E-state index is 0.114. The van der Waals surface area contributed by atoms with Gasteiger partial charge in [-0.25, -0.2) is 19.3 Å². The molecule has 4 heterocycles. The van der Waals surface area contributed by atoms with Crippen molar-refractivity contribution in [3.63, 3.8) is 0 Å². The number of rotatable bonds is 3. The van der Waals surface area contributed by atoms with E-state index in [0.717, 1.165) is 12.8 Å². The van der Waals surface area contributed by atoms with Crippen LogP contribution >= 0.6 is 0 Å². The molecule has 3 aromatic heterocycles. The van der Waals surface area contributed by atoms with Crippen molar-refractivity contribution < 1.29 is 14.2 Å². The van der Waals surface area contributed by atoms with E-state index in [4.69, 9.17) is 14.7 Å². The van der Waals surface area contributed by atoms with Gasteiger partial charge in [0.2, 0.25) is 5.95 Å². The monoisotopic (exact) mass is 430 g/mol. The third kappa shape index (κ3) is 3.01. The smallest absolute Gasteiger partial charge is 0.237 e. The quantitative estimate of drug-likeness (QED) is 0.465. The Balaban J connectivity index is 1.58. The molecule has 2 aromatic carbocycles. The van der Waals surface area contributed by atoms with E-state index in [1.165, 1.54) is 12.1 Å². The van der Waals surface area contributed by atoms with Crippen molar-refractivity contribution in [1.29, 1.82) is 0 Å². The van der Waals surface area contributed by atoms with Crippen molar-refractivity contribution in [2.45, 2.75) is 18.9 Å². The minimum atomic E-state index is -0.352. The van der Waals surface area contributed by atoms with Crippen molar-refractivity contribution in [3.8, 4) is 23.1 Å². The van der Waals surface area contributed by atoms with E-state index in [1.54, 1.807) is 35.3 Å². The molecule has 5 aromatic rings. The fourth-order valence-electron chi connectivity index (χ4n) is 4.28. The van der Waals surface area contributed by atoms with Gasteiger partial charge in [0.1, 0.15) is 29.2 Å². The summed E-state index contributed by atoms with van der Waals surface area (Å²) in [6.45, 7) is 1.29. The van der Waals surface area contributed by atoms with Crippen molar-refractivity contribution in [2.75, 3.05) is 13.2 Å². The molecule has 1 aliphatic heterocycles. The highest BCUT2D eigenvalue weighted by Gasteiger charge is 2.25. The van der Waals surface area contributed by atoms with Crippen LogP contribution in [0.5, 0.6) is 5.75 Å². The lowest BCUT2D eigenvalue weighted by molar-refractivity contribution is 0.0708. The second kappa shape index (κ2) is 7.38. The number of para-hydroxylation sites is 1. The number of phenols is 1. The first-order valence-corrected chi connectivity index (χ1v) is 10.4. The summed E-state index contributed by atoms with van der Waals surface area (Å²) in [5.41, 5.74) is 3.14. The molecular formula is C23H19FN6O2. The highest BCUT2D eigenvalue weighted by atomic mass is 19.1. The number of aromatic nitrogens is 6. The summed E-state index contributed by atoms with van der Waals surface area (Å²) in [7, 11) is 0. The Morgan fingerprint density at radius 3 is 2.69 bits per heavy atom. The molecule has 32 heavy (non-hydrogen) atoms. The Labute approximate surface area is 182 Å². The van der Waals surface area contributed by atoms with Crippen LogP contribution in [-0.4, -0.2) is 47.4 Å². The molecule has 0 atom stereocenters. The zero-order valence-corrected chi connectivity index (χ0v) is 17.0. The Morgan fingerprint density at radius 2 is 1.84 bits per heavy atom. The maximum atomic E-state index is 13.9. The van der Waals surface area contributed by atoms with Crippen molar-refractivity contribution in [3.05, 3.63) is 60.8 Å². The van der Waals surface area contributed by atoms with E-state index >= 15 is 0 Å².